The molecular weight excluding hydrogens is 286 g/mol. The largest absolute Gasteiger partial charge is 0.375 e. The number of benzene rings is 2. The molecule has 2 aromatic rings. The van der Waals surface area contributed by atoms with Crippen molar-refractivity contribution in [2.45, 2.75) is 5.92 Å². The van der Waals surface area contributed by atoms with Gasteiger partial charge >= 0.3 is 0 Å². The molecule has 0 fully saturated rings. The van der Waals surface area contributed by atoms with Gasteiger partial charge in [-0.15, -0.1) is 0 Å². The number of carbonyl (C=O) groups excluding carboxylic acids is 1. The third kappa shape index (κ3) is 4.95. The maximum Gasteiger partial charge on any atom is 0.234 e. The van der Waals surface area contributed by atoms with Crippen LogP contribution < -0.4 is 5.32 Å². The van der Waals surface area contributed by atoms with E-state index >= 15 is 0 Å². The fourth-order valence-electron chi connectivity index (χ4n) is 2.35. The van der Waals surface area contributed by atoms with E-state index in [2.05, 4.69) is 10.3 Å². The summed E-state index contributed by atoms with van der Waals surface area (Å²) in [6.45, 7) is 1.99. The number of aliphatic imine (C=N–C) groups is 1. The number of hydrogen-bond acceptors (Lipinski definition) is 3. The summed E-state index contributed by atoms with van der Waals surface area (Å²) in [5.41, 5.74) is 2.06. The first-order valence-electron chi connectivity index (χ1n) is 7.73. The van der Waals surface area contributed by atoms with Gasteiger partial charge in [-0.05, 0) is 11.1 Å². The van der Waals surface area contributed by atoms with E-state index < -0.39 is 0 Å². The van der Waals surface area contributed by atoms with Crippen LogP contribution in [0.4, 0.5) is 0 Å². The van der Waals surface area contributed by atoms with Crippen molar-refractivity contribution in [3.05, 3.63) is 71.8 Å². The molecule has 0 radical (unpaired) electrons. The molecule has 3 rings (SSSR count). The third-order valence-corrected chi connectivity index (χ3v) is 3.52. The minimum absolute atomic E-state index is 0.104. The summed E-state index contributed by atoms with van der Waals surface area (Å²) in [6, 6.07) is 19.8. The van der Waals surface area contributed by atoms with Gasteiger partial charge in [-0.2, -0.15) is 0 Å². The average molecular weight is 309 g/mol. The summed E-state index contributed by atoms with van der Waals surface area (Å²) >= 11 is 0. The second-order valence-electron chi connectivity index (χ2n) is 5.48. The molecule has 0 saturated heterocycles. The van der Waals surface area contributed by atoms with E-state index in [0.29, 0.717) is 0 Å². The number of likely N-dealkylation sites (N-methyl/N-ethyl adjacent to an activating group) is 1. The molecule has 1 aliphatic heterocycles. The number of hydrogen-bond donors (Lipinski definition) is 1. The highest BCUT2D eigenvalue weighted by atomic mass is 16.2. The quantitative estimate of drug-likeness (QED) is 0.947. The molecule has 0 spiro atoms. The van der Waals surface area contributed by atoms with Crippen LogP contribution in [0.15, 0.2) is 65.7 Å². The Labute approximate surface area is 137 Å². The van der Waals surface area contributed by atoms with E-state index in [1.807, 2.05) is 60.7 Å². The molecule has 120 valence electrons. The van der Waals surface area contributed by atoms with E-state index in [1.54, 1.807) is 25.3 Å². The molecule has 0 aromatic heterocycles. The average Bonchev–Trinajstić information content (AvgIpc) is 3.17. The third-order valence-electron chi connectivity index (χ3n) is 3.52. The lowest BCUT2D eigenvalue weighted by Crippen LogP contribution is -2.28. The molecule has 4 nitrogen and oxygen atoms in total. The van der Waals surface area contributed by atoms with Gasteiger partial charge in [0.25, 0.3) is 0 Å². The highest BCUT2D eigenvalue weighted by Gasteiger charge is 2.23. The summed E-state index contributed by atoms with van der Waals surface area (Å²) in [7, 11) is 3.59. The monoisotopic (exact) mass is 309 g/mol. The predicted molar refractivity (Wildman–Crippen MR) is 94.8 cm³/mol. The Morgan fingerprint density at radius 1 is 1.00 bits per heavy atom. The first-order valence-corrected chi connectivity index (χ1v) is 7.73. The SMILES string of the molecule is C1=NCCN1.CN(C)C(=O)C(c1ccccc1)c1ccccc1. The summed E-state index contributed by atoms with van der Waals surface area (Å²) in [5.74, 6) is -0.116. The Kier molecular flexibility index (Phi) is 6.36. The molecule has 1 N–H and O–H groups in total. The van der Waals surface area contributed by atoms with Crippen molar-refractivity contribution in [2.75, 3.05) is 27.2 Å². The van der Waals surface area contributed by atoms with E-state index in [9.17, 15) is 4.79 Å². The highest BCUT2D eigenvalue weighted by molar-refractivity contribution is 5.86. The van der Waals surface area contributed by atoms with Gasteiger partial charge in [0, 0.05) is 20.6 Å². The van der Waals surface area contributed by atoms with Crippen molar-refractivity contribution in [1.82, 2.24) is 10.2 Å². The topological polar surface area (TPSA) is 44.7 Å². The fourth-order valence-corrected chi connectivity index (χ4v) is 2.35. The molecule has 0 atom stereocenters. The summed E-state index contributed by atoms with van der Waals surface area (Å²) in [4.78, 5) is 17.9. The molecular formula is C19H23N3O. The lowest BCUT2D eigenvalue weighted by atomic mass is 9.90. The Morgan fingerprint density at radius 3 is 1.83 bits per heavy atom. The fraction of sp³-hybridized carbons (Fsp3) is 0.263. The van der Waals surface area contributed by atoms with Crippen LogP contribution >= 0.6 is 0 Å². The number of nitrogens with zero attached hydrogens (tertiary/aromatic N) is 2. The summed E-state index contributed by atoms with van der Waals surface area (Å²) in [5, 5.41) is 2.93. The van der Waals surface area contributed by atoms with Gasteiger partial charge in [-0.1, -0.05) is 60.7 Å². The van der Waals surface area contributed by atoms with Gasteiger partial charge < -0.3 is 10.2 Å². The van der Waals surface area contributed by atoms with E-state index in [1.165, 1.54) is 0 Å². The molecule has 0 bridgehead atoms. The number of nitrogens with one attached hydrogen (secondary N) is 1. The van der Waals surface area contributed by atoms with Crippen molar-refractivity contribution in [2.24, 2.45) is 4.99 Å². The molecule has 23 heavy (non-hydrogen) atoms. The van der Waals surface area contributed by atoms with E-state index in [-0.39, 0.29) is 11.8 Å². The lowest BCUT2D eigenvalue weighted by molar-refractivity contribution is -0.129. The Bertz CT molecular complexity index is 578. The smallest absolute Gasteiger partial charge is 0.234 e. The maximum absolute atomic E-state index is 12.4. The van der Waals surface area contributed by atoms with Crippen LogP contribution in [0, 0.1) is 0 Å². The molecule has 0 unspecified atom stereocenters. The van der Waals surface area contributed by atoms with Crippen molar-refractivity contribution in [1.29, 1.82) is 0 Å². The summed E-state index contributed by atoms with van der Waals surface area (Å²) < 4.78 is 0. The van der Waals surface area contributed by atoms with Gasteiger partial charge in [0.2, 0.25) is 5.91 Å². The van der Waals surface area contributed by atoms with Crippen LogP contribution in [0.5, 0.6) is 0 Å². The zero-order valence-corrected chi connectivity index (χ0v) is 13.6. The maximum atomic E-state index is 12.4. The Morgan fingerprint density at radius 2 is 1.52 bits per heavy atom. The molecule has 2 aromatic carbocycles. The van der Waals surface area contributed by atoms with Crippen LogP contribution in [0.3, 0.4) is 0 Å². The van der Waals surface area contributed by atoms with Crippen LogP contribution in [-0.2, 0) is 4.79 Å². The van der Waals surface area contributed by atoms with Crippen LogP contribution in [0.2, 0.25) is 0 Å². The number of carbonyl (C=O) groups is 1. The van der Waals surface area contributed by atoms with Crippen molar-refractivity contribution >= 4 is 12.2 Å². The zero-order valence-electron chi connectivity index (χ0n) is 13.6. The number of amides is 1. The molecule has 1 heterocycles. The van der Waals surface area contributed by atoms with Gasteiger partial charge in [0.1, 0.15) is 0 Å². The Balaban J connectivity index is 0.000000326. The van der Waals surface area contributed by atoms with Crippen LogP contribution in [0.1, 0.15) is 17.0 Å². The standard InChI is InChI=1S/C16H17NO.C3H6N2/c1-17(2)16(18)15(13-9-5-3-6-10-13)14-11-7-4-8-12-14;1-2-5-3-4-1/h3-12,15H,1-2H3;3H,1-2H2,(H,4,5). The van der Waals surface area contributed by atoms with Crippen molar-refractivity contribution in [3.63, 3.8) is 0 Å². The zero-order chi connectivity index (χ0) is 16.5. The number of rotatable bonds is 3. The van der Waals surface area contributed by atoms with Crippen molar-refractivity contribution in [3.8, 4) is 0 Å². The minimum atomic E-state index is -0.220. The first-order chi connectivity index (χ1) is 11.2. The van der Waals surface area contributed by atoms with Crippen LogP contribution in [0.25, 0.3) is 0 Å². The summed E-state index contributed by atoms with van der Waals surface area (Å²) in [6.07, 6.45) is 1.74. The highest BCUT2D eigenvalue weighted by Crippen LogP contribution is 2.25. The van der Waals surface area contributed by atoms with Gasteiger partial charge in [0.05, 0.1) is 18.8 Å². The lowest BCUT2D eigenvalue weighted by Gasteiger charge is -2.21. The molecule has 0 saturated carbocycles. The second kappa shape index (κ2) is 8.73. The minimum Gasteiger partial charge on any atom is -0.375 e. The molecule has 4 heteroatoms. The van der Waals surface area contributed by atoms with Gasteiger partial charge in [-0.25, -0.2) is 0 Å². The van der Waals surface area contributed by atoms with Crippen LogP contribution in [-0.4, -0.2) is 44.3 Å². The first kappa shape index (κ1) is 16.7. The van der Waals surface area contributed by atoms with Gasteiger partial charge in [-0.3, -0.25) is 9.79 Å². The van der Waals surface area contributed by atoms with Gasteiger partial charge in [0.15, 0.2) is 0 Å². The van der Waals surface area contributed by atoms with Crippen molar-refractivity contribution < 1.29 is 4.79 Å². The predicted octanol–water partition coefficient (Wildman–Crippen LogP) is 2.52. The van der Waals surface area contributed by atoms with E-state index in [4.69, 9.17) is 0 Å². The Hall–Kier alpha value is -2.62. The normalized spacial score (nSPS) is 12.3. The van der Waals surface area contributed by atoms with E-state index in [0.717, 1.165) is 24.2 Å². The molecule has 0 aliphatic carbocycles. The molecule has 1 amide bonds. The molecule has 1 aliphatic rings. The second-order valence-corrected chi connectivity index (χ2v) is 5.48.